The van der Waals surface area contributed by atoms with E-state index in [0.29, 0.717) is 0 Å². The largest absolute Gasteiger partial charge is 0.310 e. The molecule has 4 heteroatoms. The van der Waals surface area contributed by atoms with E-state index in [0.717, 1.165) is 45.5 Å². The third kappa shape index (κ3) is 10.6. The maximum atomic E-state index is 2.42. The van der Waals surface area contributed by atoms with Crippen molar-refractivity contribution in [1.29, 1.82) is 0 Å². The molecule has 0 bridgehead atoms. The highest BCUT2D eigenvalue weighted by Crippen LogP contribution is 2.59. The van der Waals surface area contributed by atoms with Crippen LogP contribution in [-0.2, 0) is 10.8 Å². The van der Waals surface area contributed by atoms with Gasteiger partial charge in [0.05, 0.1) is 32.9 Å². The molecule has 0 amide bonds. The molecule has 118 heavy (non-hydrogen) atoms. The van der Waals surface area contributed by atoms with Gasteiger partial charge < -0.3 is 18.9 Å². The summed E-state index contributed by atoms with van der Waals surface area (Å²) < 4.78 is 4.79. The van der Waals surface area contributed by atoms with Gasteiger partial charge in [0.25, 0.3) is 0 Å². The molecule has 20 aromatic carbocycles. The van der Waals surface area contributed by atoms with Crippen molar-refractivity contribution in [3.8, 4) is 33.6 Å². The van der Waals surface area contributed by atoms with Crippen LogP contribution in [0.2, 0.25) is 0 Å². The Bertz CT molecular complexity index is 7490. The summed E-state index contributed by atoms with van der Waals surface area (Å²) in [7, 11) is 0. The van der Waals surface area contributed by atoms with Gasteiger partial charge in [-0.3, -0.25) is 0 Å². The molecule has 0 atom stereocenters. The van der Waals surface area contributed by atoms with Crippen molar-refractivity contribution in [2.24, 2.45) is 0 Å². The molecular formula is C114H76N4. The highest BCUT2D eigenvalue weighted by molar-refractivity contribution is 6.13. The van der Waals surface area contributed by atoms with Crippen LogP contribution in [0.5, 0.6) is 0 Å². The van der Waals surface area contributed by atoms with E-state index in [1.54, 1.807) is 0 Å². The Morgan fingerprint density at radius 3 is 0.839 bits per heavy atom. The second-order valence-corrected chi connectivity index (χ2v) is 31.3. The number of nitrogens with zero attached hydrogens (tertiary/aromatic N) is 4. The molecule has 4 nitrogen and oxygen atoms in total. The second-order valence-electron chi connectivity index (χ2n) is 31.3. The van der Waals surface area contributed by atoms with Crippen LogP contribution in [-0.4, -0.2) is 9.13 Å². The fraction of sp³-hybridized carbons (Fsp3) is 0.0175. The van der Waals surface area contributed by atoms with Crippen molar-refractivity contribution in [2.45, 2.75) is 10.8 Å². The number of benzene rings is 20. The smallest absolute Gasteiger partial charge is 0.0713 e. The molecule has 0 N–H and O–H groups in total. The molecule has 2 aromatic heterocycles. The van der Waals surface area contributed by atoms with Crippen LogP contribution < -0.4 is 9.80 Å². The zero-order chi connectivity index (χ0) is 77.8. The molecule has 0 saturated carbocycles. The van der Waals surface area contributed by atoms with Crippen molar-refractivity contribution in [3.63, 3.8) is 0 Å². The molecule has 2 aliphatic rings. The van der Waals surface area contributed by atoms with Gasteiger partial charge in [-0.05, 0) is 225 Å². The SMILES string of the molecule is c1ccc(C2(c3ccc(N(c4ccc(-n5c6ccccc6c6ccccc65)cc4)c4ccc5c(ccc6ccccc65)c4)cc3)c3ccccc3-c3ccccc32)cc1.c1ccc(C2(c3ccc(N(c4cccc(-n5c6ccccc6c6ccccc65)c4)c4ccc5c(ccc6ccccc65)c4)cc3)c3ccccc3-c3ccccc32)cc1. The molecular weight excluding hydrogens is 1430 g/mol. The quantitative estimate of drug-likeness (QED) is 0.113. The molecule has 0 spiro atoms. The molecule has 0 saturated heterocycles. The fourth-order valence-electron chi connectivity index (χ4n) is 20.2. The average molecular weight is 1500 g/mol. The molecule has 0 radical (unpaired) electrons. The predicted octanol–water partition coefficient (Wildman–Crippen LogP) is 29.8. The van der Waals surface area contributed by atoms with E-state index in [1.807, 2.05) is 0 Å². The van der Waals surface area contributed by atoms with Crippen molar-refractivity contribution in [1.82, 2.24) is 9.13 Å². The van der Waals surface area contributed by atoms with Gasteiger partial charge in [-0.1, -0.05) is 346 Å². The van der Waals surface area contributed by atoms with Gasteiger partial charge in [0.1, 0.15) is 0 Å². The fourth-order valence-corrected chi connectivity index (χ4v) is 20.2. The van der Waals surface area contributed by atoms with Crippen molar-refractivity contribution < 1.29 is 0 Å². The number of anilines is 6. The number of para-hydroxylation sites is 4. The van der Waals surface area contributed by atoms with Crippen molar-refractivity contribution in [3.05, 3.63) is 506 Å². The molecule has 552 valence electrons. The van der Waals surface area contributed by atoms with E-state index >= 15 is 0 Å². The Kier molecular flexibility index (Phi) is 16.0. The topological polar surface area (TPSA) is 16.3 Å². The van der Waals surface area contributed by atoms with Gasteiger partial charge in [0.15, 0.2) is 0 Å². The van der Waals surface area contributed by atoms with Gasteiger partial charge in [-0.2, -0.15) is 0 Å². The Balaban J connectivity index is 0.000000138. The van der Waals surface area contributed by atoms with Gasteiger partial charge >= 0.3 is 0 Å². The van der Waals surface area contributed by atoms with E-state index in [-0.39, 0.29) is 0 Å². The van der Waals surface area contributed by atoms with Crippen LogP contribution in [0.4, 0.5) is 34.1 Å². The van der Waals surface area contributed by atoms with E-state index in [2.05, 4.69) is 480 Å². The lowest BCUT2D eigenvalue weighted by Gasteiger charge is -2.34. The predicted molar refractivity (Wildman–Crippen MR) is 496 cm³/mol. The third-order valence-corrected chi connectivity index (χ3v) is 25.3. The minimum atomic E-state index is -0.460. The summed E-state index contributed by atoms with van der Waals surface area (Å²) in [4.78, 5) is 4.82. The van der Waals surface area contributed by atoms with Gasteiger partial charge in [-0.25, -0.2) is 0 Å². The minimum absolute atomic E-state index is 0.453. The lowest BCUT2D eigenvalue weighted by molar-refractivity contribution is 0.768. The maximum absolute atomic E-state index is 2.42. The van der Waals surface area contributed by atoms with E-state index in [4.69, 9.17) is 0 Å². The summed E-state index contributed by atoms with van der Waals surface area (Å²) in [6.45, 7) is 0. The average Bonchev–Trinajstić information content (AvgIpc) is 1.54. The van der Waals surface area contributed by atoms with Crippen LogP contribution in [0.25, 0.3) is 120 Å². The standard InChI is InChI=1S/2C57H38N2/c1-2-16-41(17-3-1)57(53-25-10-6-21-49(53)50-22-7-11-26-54(50)57)42-31-33-43(34-32-42)58(46-35-36-48-40(37-46)30-29-39-15-4-5-20-47(39)48)44-18-14-19-45(38-44)59-55-27-12-8-23-51(55)52-24-9-13-28-56(52)59;1-2-15-41(16-3-1)57(53-22-10-6-18-49(53)50-19-7-11-23-54(50)57)42-28-30-43(31-29-42)58(46-36-37-48-40(38-46)27-26-39-14-4-5-17-47(39)48)44-32-34-45(35-33-44)59-55-24-12-8-20-51(55)52-21-9-13-25-56(52)59/h2*1-38H. The summed E-state index contributed by atoms with van der Waals surface area (Å²) in [5, 5.41) is 15.0. The molecule has 0 aliphatic heterocycles. The van der Waals surface area contributed by atoms with E-state index < -0.39 is 10.8 Å². The van der Waals surface area contributed by atoms with Crippen LogP contribution >= 0.6 is 0 Å². The summed E-state index contributed by atoms with van der Waals surface area (Å²) in [5.74, 6) is 0. The van der Waals surface area contributed by atoms with Gasteiger partial charge in [0.2, 0.25) is 0 Å². The molecule has 22 aromatic rings. The molecule has 2 aliphatic carbocycles. The van der Waals surface area contributed by atoms with Crippen LogP contribution in [0.3, 0.4) is 0 Å². The normalized spacial score (nSPS) is 12.9. The summed E-state index contributed by atoms with van der Waals surface area (Å²) in [6.07, 6.45) is 0. The maximum Gasteiger partial charge on any atom is 0.0713 e. The van der Waals surface area contributed by atoms with Crippen LogP contribution in [0.1, 0.15) is 44.5 Å². The number of hydrogen-bond donors (Lipinski definition) is 0. The Labute approximate surface area is 685 Å². The Morgan fingerprint density at radius 1 is 0.161 bits per heavy atom. The zero-order valence-electron chi connectivity index (χ0n) is 64.7. The lowest BCUT2D eigenvalue weighted by atomic mass is 9.68. The molecule has 24 rings (SSSR count). The first-order chi connectivity index (χ1) is 58.5. The van der Waals surface area contributed by atoms with Crippen molar-refractivity contribution >= 4 is 121 Å². The summed E-state index contributed by atoms with van der Waals surface area (Å²) >= 11 is 0. The van der Waals surface area contributed by atoms with E-state index in [9.17, 15) is 0 Å². The minimum Gasteiger partial charge on any atom is -0.310 e. The molecule has 0 unspecified atom stereocenters. The molecule has 2 heterocycles. The zero-order valence-corrected chi connectivity index (χ0v) is 64.7. The van der Waals surface area contributed by atoms with E-state index in [1.165, 1.54) is 153 Å². The Morgan fingerprint density at radius 2 is 0.441 bits per heavy atom. The summed E-state index contributed by atoms with van der Waals surface area (Å²) in [5.41, 5.74) is 28.2. The number of rotatable bonds is 12. The number of aromatic nitrogens is 2. The summed E-state index contributed by atoms with van der Waals surface area (Å²) in [6, 6.07) is 170. The number of hydrogen-bond acceptors (Lipinski definition) is 2. The monoisotopic (exact) mass is 1500 g/mol. The van der Waals surface area contributed by atoms with Gasteiger partial charge in [-0.15, -0.1) is 0 Å². The number of fused-ring (bicyclic) bond motifs is 18. The first-order valence-corrected chi connectivity index (χ1v) is 40.9. The van der Waals surface area contributed by atoms with Crippen LogP contribution in [0, 0.1) is 0 Å². The van der Waals surface area contributed by atoms with Crippen LogP contribution in [0.15, 0.2) is 461 Å². The third-order valence-electron chi connectivity index (χ3n) is 25.3. The van der Waals surface area contributed by atoms with Gasteiger partial charge in [0, 0.05) is 67.0 Å². The lowest BCUT2D eigenvalue weighted by Crippen LogP contribution is -2.28. The second kappa shape index (κ2) is 27.7. The first-order valence-electron chi connectivity index (χ1n) is 40.9. The highest BCUT2D eigenvalue weighted by Gasteiger charge is 2.47. The highest BCUT2D eigenvalue weighted by atomic mass is 15.2. The Hall–Kier alpha value is -15.4. The molecule has 0 fully saturated rings. The first kappa shape index (κ1) is 68.3. The van der Waals surface area contributed by atoms with Crippen molar-refractivity contribution in [2.75, 3.05) is 9.80 Å².